The lowest BCUT2D eigenvalue weighted by Crippen LogP contribution is -2.39. The van der Waals surface area contributed by atoms with E-state index in [-0.39, 0.29) is 18.0 Å². The molecule has 0 unspecified atom stereocenters. The molecule has 1 amide bonds. The molecule has 6 heteroatoms. The largest absolute Gasteiger partial charge is 0.341 e. The molecule has 1 aromatic heterocycles. The number of likely N-dealkylation sites (tertiary alicyclic amines) is 1. The highest BCUT2D eigenvalue weighted by Crippen LogP contribution is 2.21. The third-order valence-electron chi connectivity index (χ3n) is 4.76. The molecule has 2 heterocycles. The van der Waals surface area contributed by atoms with Gasteiger partial charge in [0.1, 0.15) is 6.54 Å². The van der Waals surface area contributed by atoms with Gasteiger partial charge in [0, 0.05) is 13.1 Å². The first-order valence-electron chi connectivity index (χ1n) is 8.45. The summed E-state index contributed by atoms with van der Waals surface area (Å²) in [7, 11) is 0. The fraction of sp³-hybridized carbons (Fsp3) is 0.500. The number of rotatable bonds is 2. The lowest BCUT2D eigenvalue weighted by atomic mass is 9.97. The van der Waals surface area contributed by atoms with Crippen molar-refractivity contribution in [3.63, 3.8) is 0 Å². The highest BCUT2D eigenvalue weighted by Gasteiger charge is 2.23. The van der Waals surface area contributed by atoms with Gasteiger partial charge in [0.2, 0.25) is 5.91 Å². The second-order valence-electron chi connectivity index (χ2n) is 6.94. The molecule has 0 radical (unpaired) electrons. The molecule has 0 saturated carbocycles. The van der Waals surface area contributed by atoms with Crippen LogP contribution in [0.3, 0.4) is 0 Å². The van der Waals surface area contributed by atoms with Crippen LogP contribution in [0.1, 0.15) is 26.7 Å². The maximum Gasteiger partial charge on any atom is 0.262 e. The van der Waals surface area contributed by atoms with Gasteiger partial charge in [0.25, 0.3) is 5.56 Å². The maximum atomic E-state index is 12.7. The fourth-order valence-electron chi connectivity index (χ4n) is 3.53. The first kappa shape index (κ1) is 16.9. The van der Waals surface area contributed by atoms with E-state index in [0.29, 0.717) is 27.5 Å². The number of hydrogen-bond donors (Lipinski definition) is 1. The van der Waals surface area contributed by atoms with Crippen LogP contribution >= 0.6 is 12.2 Å². The van der Waals surface area contributed by atoms with Crippen LogP contribution in [-0.2, 0) is 11.3 Å². The Morgan fingerprint density at radius 3 is 2.83 bits per heavy atom. The summed E-state index contributed by atoms with van der Waals surface area (Å²) in [5, 5.41) is 0.553. The monoisotopic (exact) mass is 345 g/mol. The molecule has 1 aromatic carbocycles. The summed E-state index contributed by atoms with van der Waals surface area (Å²) < 4.78 is 1.67. The van der Waals surface area contributed by atoms with Crippen molar-refractivity contribution in [1.82, 2.24) is 14.5 Å². The molecular weight excluding hydrogens is 322 g/mol. The molecule has 3 rings (SSSR count). The van der Waals surface area contributed by atoms with Crippen molar-refractivity contribution in [2.45, 2.75) is 33.2 Å². The second kappa shape index (κ2) is 6.89. The minimum atomic E-state index is -0.209. The van der Waals surface area contributed by atoms with Crippen LogP contribution in [0, 0.1) is 16.6 Å². The molecule has 1 saturated heterocycles. The third-order valence-corrected chi connectivity index (χ3v) is 5.09. The summed E-state index contributed by atoms with van der Waals surface area (Å²) in [5.41, 5.74) is 0.493. The molecule has 1 N–H and O–H groups in total. The molecule has 1 aliphatic rings. The van der Waals surface area contributed by atoms with Crippen molar-refractivity contribution < 1.29 is 4.79 Å². The zero-order valence-electron chi connectivity index (χ0n) is 14.1. The lowest BCUT2D eigenvalue weighted by molar-refractivity contribution is -0.132. The van der Waals surface area contributed by atoms with Crippen molar-refractivity contribution in [1.29, 1.82) is 0 Å². The third kappa shape index (κ3) is 3.43. The minimum absolute atomic E-state index is 0.000101. The second-order valence-corrected chi connectivity index (χ2v) is 7.33. The standard InChI is InChI=1S/C18H23N3O2S/c1-12-7-8-20(10-13(2)9-12)16(22)11-21-17(23)14-5-3-4-6-15(14)19-18(21)24/h3-6,12-13H,7-11H2,1-2H3,(H,19,24)/t12-,13-/m0/s1. The zero-order valence-corrected chi connectivity index (χ0v) is 14.9. The molecule has 2 atom stereocenters. The number of fused-ring (bicyclic) bond motifs is 1. The Hall–Kier alpha value is -1.95. The Labute approximate surface area is 146 Å². The molecule has 1 aliphatic heterocycles. The SMILES string of the molecule is C[C@H]1CCN(C(=O)Cn2c(=S)[nH]c3ccccc3c2=O)C[C@@H](C)C1. The lowest BCUT2D eigenvalue weighted by Gasteiger charge is -2.23. The van der Waals surface area contributed by atoms with E-state index >= 15 is 0 Å². The fourth-order valence-corrected chi connectivity index (χ4v) is 3.78. The summed E-state index contributed by atoms with van der Waals surface area (Å²) in [4.78, 5) is 30.3. The Morgan fingerprint density at radius 2 is 2.04 bits per heavy atom. The van der Waals surface area contributed by atoms with Gasteiger partial charge < -0.3 is 9.88 Å². The highest BCUT2D eigenvalue weighted by molar-refractivity contribution is 7.71. The van der Waals surface area contributed by atoms with Crippen LogP contribution in [0.5, 0.6) is 0 Å². The Bertz CT molecular complexity index is 870. The number of hydrogen-bond acceptors (Lipinski definition) is 3. The van der Waals surface area contributed by atoms with Gasteiger partial charge in [-0.15, -0.1) is 0 Å². The van der Waals surface area contributed by atoms with E-state index in [2.05, 4.69) is 18.8 Å². The van der Waals surface area contributed by atoms with E-state index in [4.69, 9.17) is 12.2 Å². The summed E-state index contributed by atoms with van der Waals surface area (Å²) >= 11 is 5.29. The number of aromatic nitrogens is 2. The highest BCUT2D eigenvalue weighted by atomic mass is 32.1. The van der Waals surface area contributed by atoms with E-state index < -0.39 is 0 Å². The van der Waals surface area contributed by atoms with Gasteiger partial charge in [-0.05, 0) is 49.0 Å². The van der Waals surface area contributed by atoms with Crippen LogP contribution in [0.2, 0.25) is 0 Å². The van der Waals surface area contributed by atoms with Gasteiger partial charge in [-0.2, -0.15) is 0 Å². The molecule has 5 nitrogen and oxygen atoms in total. The first-order valence-corrected chi connectivity index (χ1v) is 8.86. The number of benzene rings is 1. The topological polar surface area (TPSA) is 58.1 Å². The molecule has 2 aromatic rings. The van der Waals surface area contributed by atoms with Gasteiger partial charge in [-0.1, -0.05) is 26.0 Å². The molecule has 24 heavy (non-hydrogen) atoms. The van der Waals surface area contributed by atoms with Crippen LogP contribution < -0.4 is 5.56 Å². The van der Waals surface area contributed by atoms with Crippen molar-refractivity contribution >= 4 is 29.0 Å². The molecular formula is C18H23N3O2S. The number of amides is 1. The number of nitrogens with zero attached hydrogens (tertiary/aromatic N) is 2. The molecule has 128 valence electrons. The van der Waals surface area contributed by atoms with Crippen LogP contribution in [0.4, 0.5) is 0 Å². The van der Waals surface area contributed by atoms with Gasteiger partial charge >= 0.3 is 0 Å². The van der Waals surface area contributed by atoms with Crippen molar-refractivity contribution in [3.05, 3.63) is 39.4 Å². The van der Waals surface area contributed by atoms with Gasteiger partial charge in [-0.25, -0.2) is 0 Å². The first-order chi connectivity index (χ1) is 11.5. The Kier molecular flexibility index (Phi) is 4.85. The average molecular weight is 345 g/mol. The van der Waals surface area contributed by atoms with Gasteiger partial charge in [0.15, 0.2) is 4.77 Å². The van der Waals surface area contributed by atoms with Crippen LogP contribution in [-0.4, -0.2) is 33.4 Å². The molecule has 1 fully saturated rings. The Balaban J connectivity index is 1.88. The predicted octanol–water partition coefficient (Wildman–Crippen LogP) is 2.95. The summed E-state index contributed by atoms with van der Waals surface area (Å²) in [5.74, 6) is 1.08. The number of para-hydroxylation sites is 1. The summed E-state index contributed by atoms with van der Waals surface area (Å²) in [6, 6.07) is 7.23. The average Bonchev–Trinajstić information content (AvgIpc) is 2.71. The predicted molar refractivity (Wildman–Crippen MR) is 97.5 cm³/mol. The van der Waals surface area contributed by atoms with E-state index in [9.17, 15) is 9.59 Å². The zero-order chi connectivity index (χ0) is 17.3. The quantitative estimate of drug-likeness (QED) is 0.852. The van der Waals surface area contributed by atoms with E-state index in [1.165, 1.54) is 4.57 Å². The Morgan fingerprint density at radius 1 is 1.29 bits per heavy atom. The van der Waals surface area contributed by atoms with E-state index in [1.54, 1.807) is 6.07 Å². The van der Waals surface area contributed by atoms with Crippen molar-refractivity contribution in [2.24, 2.45) is 11.8 Å². The van der Waals surface area contributed by atoms with Crippen LogP contribution in [0.15, 0.2) is 29.1 Å². The number of H-pyrrole nitrogens is 1. The number of nitrogens with one attached hydrogen (secondary N) is 1. The van der Waals surface area contributed by atoms with Gasteiger partial charge in [0.05, 0.1) is 10.9 Å². The minimum Gasteiger partial charge on any atom is -0.341 e. The van der Waals surface area contributed by atoms with Crippen molar-refractivity contribution in [3.8, 4) is 0 Å². The van der Waals surface area contributed by atoms with E-state index in [0.717, 1.165) is 25.9 Å². The molecule has 0 spiro atoms. The smallest absolute Gasteiger partial charge is 0.262 e. The number of carbonyl (C=O) groups is 1. The normalized spacial score (nSPS) is 21.7. The summed E-state index contributed by atoms with van der Waals surface area (Å²) in [6.45, 7) is 5.91. The maximum absolute atomic E-state index is 12.7. The number of aromatic amines is 1. The van der Waals surface area contributed by atoms with Crippen molar-refractivity contribution in [2.75, 3.05) is 13.1 Å². The molecule has 0 aliphatic carbocycles. The van der Waals surface area contributed by atoms with Gasteiger partial charge in [-0.3, -0.25) is 14.2 Å². The van der Waals surface area contributed by atoms with E-state index in [1.807, 2.05) is 23.1 Å². The number of carbonyl (C=O) groups excluding carboxylic acids is 1. The summed E-state index contributed by atoms with van der Waals surface area (Å²) in [6.07, 6.45) is 2.15. The van der Waals surface area contributed by atoms with Crippen LogP contribution in [0.25, 0.3) is 10.9 Å². The molecule has 0 bridgehead atoms.